The van der Waals surface area contributed by atoms with Crippen molar-refractivity contribution >= 4 is 17.2 Å². The van der Waals surface area contributed by atoms with Crippen LogP contribution < -0.4 is 5.32 Å². The highest BCUT2D eigenvalue weighted by molar-refractivity contribution is 7.07. The van der Waals surface area contributed by atoms with Crippen LogP contribution in [0.4, 0.5) is 0 Å². The van der Waals surface area contributed by atoms with Crippen molar-refractivity contribution in [1.29, 1.82) is 0 Å². The molecule has 1 aliphatic heterocycles. The molecule has 3 nitrogen and oxygen atoms in total. The topological polar surface area (TPSA) is 32.3 Å². The molecule has 1 N–H and O–H groups in total. The number of benzene rings is 1. The summed E-state index contributed by atoms with van der Waals surface area (Å²) in [6.45, 7) is 4.01. The summed E-state index contributed by atoms with van der Waals surface area (Å²) in [5, 5.41) is 7.21. The molecule has 3 rings (SSSR count). The molecule has 4 heteroatoms. The molecule has 0 radical (unpaired) electrons. The number of hydrogen-bond acceptors (Lipinski definition) is 3. The van der Waals surface area contributed by atoms with Crippen molar-refractivity contribution in [2.75, 3.05) is 19.6 Å². The van der Waals surface area contributed by atoms with Gasteiger partial charge in [-0.3, -0.25) is 9.69 Å². The molecule has 1 aromatic carbocycles. The first kappa shape index (κ1) is 16.2. The van der Waals surface area contributed by atoms with E-state index >= 15 is 0 Å². The lowest BCUT2D eigenvalue weighted by Gasteiger charge is -2.28. The average molecular weight is 328 g/mol. The van der Waals surface area contributed by atoms with Crippen LogP contribution in [0.5, 0.6) is 0 Å². The lowest BCUT2D eigenvalue weighted by Crippen LogP contribution is -2.33. The van der Waals surface area contributed by atoms with E-state index in [2.05, 4.69) is 51.3 Å². The Morgan fingerprint density at radius 1 is 1.22 bits per heavy atom. The monoisotopic (exact) mass is 328 g/mol. The SMILES string of the molecule is O=C(CCc1ccsc1)NCCCN1CCc2ccccc2C1. The van der Waals surface area contributed by atoms with Crippen molar-refractivity contribution in [3.63, 3.8) is 0 Å². The van der Waals surface area contributed by atoms with Crippen LogP contribution in [-0.2, 0) is 24.2 Å². The number of thiophene rings is 1. The predicted octanol–water partition coefficient (Wildman–Crippen LogP) is 3.25. The lowest BCUT2D eigenvalue weighted by molar-refractivity contribution is -0.121. The standard InChI is InChI=1S/C19H24N2OS/c22-19(7-6-16-9-13-23-15-16)20-10-3-11-21-12-8-17-4-1-2-5-18(17)14-21/h1-2,4-5,9,13,15H,3,6-8,10-12,14H2,(H,20,22). The summed E-state index contributed by atoms with van der Waals surface area (Å²) < 4.78 is 0. The van der Waals surface area contributed by atoms with E-state index in [0.29, 0.717) is 6.42 Å². The van der Waals surface area contributed by atoms with Gasteiger partial charge in [-0.15, -0.1) is 0 Å². The van der Waals surface area contributed by atoms with E-state index in [1.807, 2.05) is 0 Å². The number of carbonyl (C=O) groups excluding carboxylic acids is 1. The third-order valence-electron chi connectivity index (χ3n) is 4.40. The Morgan fingerprint density at radius 3 is 2.91 bits per heavy atom. The van der Waals surface area contributed by atoms with Crippen LogP contribution in [0.15, 0.2) is 41.1 Å². The lowest BCUT2D eigenvalue weighted by atomic mass is 10.00. The van der Waals surface area contributed by atoms with Crippen molar-refractivity contribution in [1.82, 2.24) is 10.2 Å². The van der Waals surface area contributed by atoms with E-state index in [0.717, 1.165) is 45.4 Å². The Bertz CT molecular complexity index is 624. The molecule has 0 bridgehead atoms. The van der Waals surface area contributed by atoms with Crippen LogP contribution in [0.25, 0.3) is 0 Å². The number of aryl methyl sites for hydroxylation is 1. The molecule has 122 valence electrons. The van der Waals surface area contributed by atoms with Crippen LogP contribution in [0.2, 0.25) is 0 Å². The van der Waals surface area contributed by atoms with E-state index in [-0.39, 0.29) is 5.91 Å². The van der Waals surface area contributed by atoms with Crippen LogP contribution in [0.3, 0.4) is 0 Å². The molecule has 0 fully saturated rings. The molecule has 0 unspecified atom stereocenters. The second-order valence-electron chi connectivity index (χ2n) is 6.13. The zero-order valence-corrected chi connectivity index (χ0v) is 14.3. The Labute approximate surface area is 142 Å². The third kappa shape index (κ3) is 4.91. The maximum atomic E-state index is 11.8. The number of amides is 1. The highest BCUT2D eigenvalue weighted by atomic mass is 32.1. The van der Waals surface area contributed by atoms with Crippen LogP contribution >= 0.6 is 11.3 Å². The van der Waals surface area contributed by atoms with Crippen molar-refractivity contribution in [3.05, 3.63) is 57.8 Å². The average Bonchev–Trinajstić information content (AvgIpc) is 3.10. The van der Waals surface area contributed by atoms with E-state index in [4.69, 9.17) is 0 Å². The first-order chi connectivity index (χ1) is 11.3. The zero-order chi connectivity index (χ0) is 15.9. The maximum absolute atomic E-state index is 11.8. The van der Waals surface area contributed by atoms with Gasteiger partial charge < -0.3 is 5.32 Å². The highest BCUT2D eigenvalue weighted by Crippen LogP contribution is 2.18. The molecule has 1 aliphatic rings. The van der Waals surface area contributed by atoms with Crippen LogP contribution in [0.1, 0.15) is 29.5 Å². The van der Waals surface area contributed by atoms with E-state index in [1.165, 1.54) is 16.7 Å². The summed E-state index contributed by atoms with van der Waals surface area (Å²) in [6, 6.07) is 10.8. The normalized spacial score (nSPS) is 14.4. The molecule has 0 saturated carbocycles. The molecule has 1 aromatic heterocycles. The molecule has 0 spiro atoms. The number of carbonyl (C=O) groups is 1. The number of rotatable bonds is 7. The summed E-state index contributed by atoms with van der Waals surface area (Å²) in [4.78, 5) is 14.3. The van der Waals surface area contributed by atoms with Gasteiger partial charge in [-0.25, -0.2) is 0 Å². The van der Waals surface area contributed by atoms with Gasteiger partial charge in [0.2, 0.25) is 5.91 Å². The quantitative estimate of drug-likeness (QED) is 0.791. The highest BCUT2D eigenvalue weighted by Gasteiger charge is 2.14. The molecule has 23 heavy (non-hydrogen) atoms. The van der Waals surface area contributed by atoms with Gasteiger partial charge in [-0.1, -0.05) is 24.3 Å². The molecule has 1 amide bonds. The second-order valence-corrected chi connectivity index (χ2v) is 6.91. The van der Waals surface area contributed by atoms with E-state index in [9.17, 15) is 4.79 Å². The summed E-state index contributed by atoms with van der Waals surface area (Å²) in [6.07, 6.45) is 3.60. The fraction of sp³-hybridized carbons (Fsp3) is 0.421. The predicted molar refractivity (Wildman–Crippen MR) is 95.7 cm³/mol. The fourth-order valence-electron chi connectivity index (χ4n) is 3.06. The van der Waals surface area contributed by atoms with Gasteiger partial charge in [0.1, 0.15) is 0 Å². The zero-order valence-electron chi connectivity index (χ0n) is 13.5. The molecule has 2 aromatic rings. The van der Waals surface area contributed by atoms with E-state index in [1.54, 1.807) is 11.3 Å². The first-order valence-corrected chi connectivity index (χ1v) is 9.32. The molecule has 2 heterocycles. The summed E-state index contributed by atoms with van der Waals surface area (Å²) in [7, 11) is 0. The van der Waals surface area contributed by atoms with Crippen LogP contribution in [0, 0.1) is 0 Å². The maximum Gasteiger partial charge on any atom is 0.220 e. The largest absolute Gasteiger partial charge is 0.356 e. The van der Waals surface area contributed by atoms with Gasteiger partial charge in [-0.05, 0) is 52.8 Å². The van der Waals surface area contributed by atoms with Gasteiger partial charge in [0.05, 0.1) is 0 Å². The van der Waals surface area contributed by atoms with Crippen molar-refractivity contribution in [3.8, 4) is 0 Å². The molecule has 0 aliphatic carbocycles. The number of nitrogens with one attached hydrogen (secondary N) is 1. The molecule has 0 atom stereocenters. The second kappa shape index (κ2) is 8.27. The summed E-state index contributed by atoms with van der Waals surface area (Å²) in [5.74, 6) is 0.167. The minimum absolute atomic E-state index is 0.167. The Morgan fingerprint density at radius 2 is 2.09 bits per heavy atom. The molecular formula is C19H24N2OS. The third-order valence-corrected chi connectivity index (χ3v) is 5.14. The van der Waals surface area contributed by atoms with Crippen molar-refractivity contribution in [2.24, 2.45) is 0 Å². The minimum atomic E-state index is 0.167. The fourth-order valence-corrected chi connectivity index (χ4v) is 3.76. The number of hydrogen-bond donors (Lipinski definition) is 1. The summed E-state index contributed by atoms with van der Waals surface area (Å²) >= 11 is 1.69. The molecule has 0 saturated heterocycles. The van der Waals surface area contributed by atoms with Gasteiger partial charge in [0.25, 0.3) is 0 Å². The minimum Gasteiger partial charge on any atom is -0.356 e. The van der Waals surface area contributed by atoms with Crippen molar-refractivity contribution < 1.29 is 4.79 Å². The molecular weight excluding hydrogens is 304 g/mol. The van der Waals surface area contributed by atoms with Gasteiger partial charge in [0.15, 0.2) is 0 Å². The Hall–Kier alpha value is -1.65. The van der Waals surface area contributed by atoms with E-state index < -0.39 is 0 Å². The van der Waals surface area contributed by atoms with Gasteiger partial charge >= 0.3 is 0 Å². The summed E-state index contributed by atoms with van der Waals surface area (Å²) in [5.41, 5.74) is 4.21. The Balaban J connectivity index is 1.30. The number of nitrogens with zero attached hydrogens (tertiary/aromatic N) is 1. The Kier molecular flexibility index (Phi) is 5.83. The van der Waals surface area contributed by atoms with Crippen LogP contribution in [-0.4, -0.2) is 30.4 Å². The van der Waals surface area contributed by atoms with Gasteiger partial charge in [-0.2, -0.15) is 11.3 Å². The number of fused-ring (bicyclic) bond motifs is 1. The first-order valence-electron chi connectivity index (χ1n) is 8.38. The van der Waals surface area contributed by atoms with Gasteiger partial charge in [0, 0.05) is 32.6 Å². The smallest absolute Gasteiger partial charge is 0.220 e. The van der Waals surface area contributed by atoms with Crippen molar-refractivity contribution in [2.45, 2.75) is 32.2 Å².